The first kappa shape index (κ1) is 19.1. The molecule has 1 N–H and O–H groups in total. The van der Waals surface area contributed by atoms with Crippen LogP contribution in [0.25, 0.3) is 0 Å². The van der Waals surface area contributed by atoms with Crippen molar-refractivity contribution in [2.45, 2.75) is 50.9 Å². The second-order valence-electron chi connectivity index (χ2n) is 8.11. The first-order chi connectivity index (χ1) is 13.5. The summed E-state index contributed by atoms with van der Waals surface area (Å²) in [6.45, 7) is 5.10. The molecule has 4 rings (SSSR count). The number of carbonyl (C=O) groups is 1. The summed E-state index contributed by atoms with van der Waals surface area (Å²) >= 11 is 0. The zero-order valence-corrected chi connectivity index (χ0v) is 17.0. The van der Waals surface area contributed by atoms with Gasteiger partial charge in [0.15, 0.2) is 0 Å². The molecule has 0 unspecified atom stereocenters. The number of nitrogens with one attached hydrogen (secondary N) is 1. The summed E-state index contributed by atoms with van der Waals surface area (Å²) in [6.07, 6.45) is 6.53. The predicted octanol–water partition coefficient (Wildman–Crippen LogP) is 1.65. The molecule has 7 heteroatoms. The number of likely N-dealkylation sites (tertiary alicyclic amines) is 2. The summed E-state index contributed by atoms with van der Waals surface area (Å²) in [5.74, 6) is 0.207. The Hall–Kier alpha value is -2.25. The molecule has 2 aliphatic rings. The fourth-order valence-electron chi connectivity index (χ4n) is 4.53. The van der Waals surface area contributed by atoms with Gasteiger partial charge in [-0.25, -0.2) is 0 Å². The minimum absolute atomic E-state index is 0.0627. The first-order valence-corrected chi connectivity index (χ1v) is 10.2. The Kier molecular flexibility index (Phi) is 5.46. The van der Waals surface area contributed by atoms with Gasteiger partial charge in [0.1, 0.15) is 0 Å². The molecule has 2 atom stereocenters. The molecule has 0 saturated carbocycles. The van der Waals surface area contributed by atoms with Crippen molar-refractivity contribution < 1.29 is 4.79 Å². The summed E-state index contributed by atoms with van der Waals surface area (Å²) in [7, 11) is 3.87. The van der Waals surface area contributed by atoms with Crippen LogP contribution in [0, 0.1) is 6.92 Å². The Balaban J connectivity index is 1.37. The maximum Gasteiger partial charge on any atom is 0.224 e. The minimum Gasteiger partial charge on any atom is -0.337 e. The number of nitrogens with zero attached hydrogens (tertiary/aromatic N) is 5. The van der Waals surface area contributed by atoms with E-state index in [1.807, 2.05) is 48.2 Å². The van der Waals surface area contributed by atoms with E-state index in [-0.39, 0.29) is 18.0 Å². The van der Waals surface area contributed by atoms with E-state index in [4.69, 9.17) is 0 Å². The molecule has 2 fully saturated rings. The van der Waals surface area contributed by atoms with Gasteiger partial charge in [-0.2, -0.15) is 5.10 Å². The van der Waals surface area contributed by atoms with E-state index in [1.54, 1.807) is 0 Å². The number of pyridine rings is 1. The lowest BCUT2D eigenvalue weighted by Gasteiger charge is -2.35. The molecular formula is C21H30N6O. The van der Waals surface area contributed by atoms with Crippen LogP contribution in [0.2, 0.25) is 0 Å². The van der Waals surface area contributed by atoms with Crippen molar-refractivity contribution in [3.63, 3.8) is 0 Å². The van der Waals surface area contributed by atoms with E-state index in [0.717, 1.165) is 49.4 Å². The van der Waals surface area contributed by atoms with Gasteiger partial charge in [-0.3, -0.25) is 19.4 Å². The third-order valence-corrected chi connectivity index (χ3v) is 6.33. The van der Waals surface area contributed by atoms with Gasteiger partial charge in [0.25, 0.3) is 0 Å². The molecular weight excluding hydrogens is 352 g/mol. The lowest BCUT2D eigenvalue weighted by atomic mass is 9.97. The maximum atomic E-state index is 12.4. The van der Waals surface area contributed by atoms with Crippen molar-refractivity contribution in [2.75, 3.05) is 20.1 Å². The number of amides is 1. The van der Waals surface area contributed by atoms with Crippen molar-refractivity contribution in [1.82, 2.24) is 29.9 Å². The second kappa shape index (κ2) is 8.01. The van der Waals surface area contributed by atoms with Crippen molar-refractivity contribution in [1.29, 1.82) is 0 Å². The molecule has 2 aromatic heterocycles. The highest BCUT2D eigenvalue weighted by Crippen LogP contribution is 2.34. The van der Waals surface area contributed by atoms with E-state index in [0.29, 0.717) is 12.5 Å². The van der Waals surface area contributed by atoms with Crippen LogP contribution in [-0.4, -0.2) is 62.7 Å². The standard InChI is InChI=1S/C21H30N6O/c1-15-18(13-23-26(15)3)21-19(12-20(28)25(21)2)24-16-7-10-27(11-8-16)14-17-6-4-5-9-22-17/h4-6,9,13,16,19,21,24H,7-8,10-12,14H2,1-3H3/t19-,21+/m1/s1. The quantitative estimate of drug-likeness (QED) is 0.852. The van der Waals surface area contributed by atoms with Gasteiger partial charge in [-0.15, -0.1) is 0 Å². The average Bonchev–Trinajstić information content (AvgIpc) is 3.16. The monoisotopic (exact) mass is 382 g/mol. The maximum absolute atomic E-state index is 12.4. The second-order valence-corrected chi connectivity index (χ2v) is 8.11. The van der Waals surface area contributed by atoms with Crippen molar-refractivity contribution in [2.24, 2.45) is 7.05 Å². The summed E-state index contributed by atoms with van der Waals surface area (Å²) in [5.41, 5.74) is 3.41. The molecule has 150 valence electrons. The number of likely N-dealkylation sites (N-methyl/N-ethyl adjacent to an activating group) is 1. The number of hydrogen-bond donors (Lipinski definition) is 1. The normalized spacial score (nSPS) is 24.2. The summed E-state index contributed by atoms with van der Waals surface area (Å²) < 4.78 is 1.89. The van der Waals surface area contributed by atoms with Crippen molar-refractivity contribution >= 4 is 5.91 Å². The number of rotatable bonds is 5. The van der Waals surface area contributed by atoms with Gasteiger partial charge in [-0.05, 0) is 31.9 Å². The van der Waals surface area contributed by atoms with Crippen molar-refractivity contribution in [3.05, 3.63) is 47.5 Å². The molecule has 7 nitrogen and oxygen atoms in total. The minimum atomic E-state index is 0.0627. The summed E-state index contributed by atoms with van der Waals surface area (Å²) in [4.78, 5) is 21.2. The number of hydrogen-bond acceptors (Lipinski definition) is 5. The van der Waals surface area contributed by atoms with Gasteiger partial charge in [0.2, 0.25) is 5.91 Å². The predicted molar refractivity (Wildman–Crippen MR) is 108 cm³/mol. The molecule has 2 saturated heterocycles. The largest absolute Gasteiger partial charge is 0.337 e. The van der Waals surface area contributed by atoms with Crippen LogP contribution in [0.1, 0.15) is 42.3 Å². The van der Waals surface area contributed by atoms with Crippen LogP contribution in [0.15, 0.2) is 30.6 Å². The van der Waals surface area contributed by atoms with E-state index in [9.17, 15) is 4.79 Å². The summed E-state index contributed by atoms with van der Waals surface area (Å²) in [5, 5.41) is 8.20. The van der Waals surface area contributed by atoms with Gasteiger partial charge in [-0.1, -0.05) is 6.07 Å². The van der Waals surface area contributed by atoms with Gasteiger partial charge < -0.3 is 10.2 Å². The van der Waals surface area contributed by atoms with Crippen LogP contribution >= 0.6 is 0 Å². The molecule has 0 spiro atoms. The Morgan fingerprint density at radius 1 is 1.21 bits per heavy atom. The Labute approximate surface area is 166 Å². The van der Waals surface area contributed by atoms with Crippen LogP contribution in [0.5, 0.6) is 0 Å². The molecule has 0 bridgehead atoms. The van der Waals surface area contributed by atoms with E-state index in [2.05, 4.69) is 33.3 Å². The zero-order valence-electron chi connectivity index (χ0n) is 17.0. The van der Waals surface area contributed by atoms with Crippen molar-refractivity contribution in [3.8, 4) is 0 Å². The fraction of sp³-hybridized carbons (Fsp3) is 0.571. The molecule has 1 amide bonds. The van der Waals surface area contributed by atoms with E-state index in [1.165, 1.54) is 0 Å². The number of aromatic nitrogens is 3. The third-order valence-electron chi connectivity index (χ3n) is 6.33. The lowest BCUT2D eigenvalue weighted by Crippen LogP contribution is -2.47. The number of piperidine rings is 1. The van der Waals surface area contributed by atoms with Crippen LogP contribution in [0.3, 0.4) is 0 Å². The molecule has 0 radical (unpaired) electrons. The fourth-order valence-corrected chi connectivity index (χ4v) is 4.53. The third kappa shape index (κ3) is 3.82. The van der Waals surface area contributed by atoms with Crippen LogP contribution in [0.4, 0.5) is 0 Å². The highest BCUT2D eigenvalue weighted by molar-refractivity contribution is 5.80. The first-order valence-electron chi connectivity index (χ1n) is 10.2. The Morgan fingerprint density at radius 3 is 2.64 bits per heavy atom. The lowest BCUT2D eigenvalue weighted by molar-refractivity contribution is -0.127. The Morgan fingerprint density at radius 2 is 2.00 bits per heavy atom. The average molecular weight is 383 g/mol. The molecule has 0 aliphatic carbocycles. The number of carbonyl (C=O) groups excluding carboxylic acids is 1. The highest BCUT2D eigenvalue weighted by atomic mass is 16.2. The van der Waals surface area contributed by atoms with Gasteiger partial charge >= 0.3 is 0 Å². The SMILES string of the molecule is Cc1c([C@H]2[C@H](NC3CCN(Cc4ccccn4)CC3)CC(=O)N2C)cnn1C. The highest BCUT2D eigenvalue weighted by Gasteiger charge is 2.41. The molecule has 2 aromatic rings. The molecule has 0 aromatic carbocycles. The Bertz CT molecular complexity index is 812. The van der Waals surface area contributed by atoms with Gasteiger partial charge in [0.05, 0.1) is 17.9 Å². The molecule has 2 aliphatic heterocycles. The van der Waals surface area contributed by atoms with Crippen LogP contribution in [-0.2, 0) is 18.4 Å². The topological polar surface area (TPSA) is 66.3 Å². The van der Waals surface area contributed by atoms with Gasteiger partial charge in [0, 0.05) is 69.7 Å². The molecule has 28 heavy (non-hydrogen) atoms. The summed E-state index contributed by atoms with van der Waals surface area (Å²) in [6, 6.07) is 6.75. The molecule has 4 heterocycles. The zero-order chi connectivity index (χ0) is 19.7. The smallest absolute Gasteiger partial charge is 0.224 e. The van der Waals surface area contributed by atoms with E-state index >= 15 is 0 Å². The number of aryl methyl sites for hydroxylation is 1. The van der Waals surface area contributed by atoms with E-state index < -0.39 is 0 Å². The van der Waals surface area contributed by atoms with Crippen LogP contribution < -0.4 is 5.32 Å².